The summed E-state index contributed by atoms with van der Waals surface area (Å²) in [7, 11) is 0. The predicted molar refractivity (Wildman–Crippen MR) is 75.9 cm³/mol. The molecule has 2 atom stereocenters. The number of aliphatic hydroxyl groups is 1. The molecule has 3 rings (SSSR count). The van der Waals surface area contributed by atoms with Gasteiger partial charge in [-0.3, -0.25) is 0 Å². The van der Waals surface area contributed by atoms with Gasteiger partial charge in [0.1, 0.15) is 11.5 Å². The van der Waals surface area contributed by atoms with Crippen LogP contribution in [0.4, 0.5) is 0 Å². The SMILES string of the molecule is N#CC1(C(O)c2cccs2)CCCc2ccccc21. The van der Waals surface area contributed by atoms with Crippen LogP contribution in [0.1, 0.15) is 34.9 Å². The van der Waals surface area contributed by atoms with Gasteiger partial charge in [0.2, 0.25) is 0 Å². The summed E-state index contributed by atoms with van der Waals surface area (Å²) in [6.07, 6.45) is 1.93. The van der Waals surface area contributed by atoms with Crippen molar-refractivity contribution in [2.45, 2.75) is 30.8 Å². The average molecular weight is 269 g/mol. The normalized spacial score (nSPS) is 23.4. The Morgan fingerprint density at radius 2 is 2.11 bits per heavy atom. The highest BCUT2D eigenvalue weighted by Gasteiger charge is 2.44. The van der Waals surface area contributed by atoms with Crippen LogP contribution in [-0.2, 0) is 11.8 Å². The molecule has 1 heterocycles. The molecular weight excluding hydrogens is 254 g/mol. The molecule has 0 radical (unpaired) electrons. The van der Waals surface area contributed by atoms with Gasteiger partial charge in [0.25, 0.3) is 0 Å². The van der Waals surface area contributed by atoms with Crippen LogP contribution in [0.3, 0.4) is 0 Å². The van der Waals surface area contributed by atoms with E-state index in [1.165, 1.54) is 16.9 Å². The van der Waals surface area contributed by atoms with Gasteiger partial charge in [-0.25, -0.2) is 0 Å². The first kappa shape index (κ1) is 12.4. The molecule has 2 unspecified atom stereocenters. The first-order valence-electron chi connectivity index (χ1n) is 6.49. The molecule has 0 aliphatic heterocycles. The van der Waals surface area contributed by atoms with Gasteiger partial charge in [0, 0.05) is 4.88 Å². The largest absolute Gasteiger partial charge is 0.386 e. The molecule has 2 nitrogen and oxygen atoms in total. The molecule has 19 heavy (non-hydrogen) atoms. The Balaban J connectivity index is 2.13. The minimum absolute atomic E-state index is 0.722. The maximum atomic E-state index is 10.7. The lowest BCUT2D eigenvalue weighted by molar-refractivity contribution is 0.103. The second kappa shape index (κ2) is 4.80. The number of hydrogen-bond acceptors (Lipinski definition) is 3. The number of rotatable bonds is 2. The molecule has 3 heteroatoms. The van der Waals surface area contributed by atoms with Crippen molar-refractivity contribution in [3.63, 3.8) is 0 Å². The van der Waals surface area contributed by atoms with Crippen LogP contribution >= 0.6 is 11.3 Å². The van der Waals surface area contributed by atoms with E-state index in [-0.39, 0.29) is 0 Å². The minimum Gasteiger partial charge on any atom is -0.386 e. The maximum Gasteiger partial charge on any atom is 0.113 e. The molecule has 1 N–H and O–H groups in total. The van der Waals surface area contributed by atoms with E-state index >= 15 is 0 Å². The first-order chi connectivity index (χ1) is 9.28. The van der Waals surface area contributed by atoms with E-state index in [1.54, 1.807) is 0 Å². The summed E-state index contributed by atoms with van der Waals surface area (Å²) < 4.78 is 0. The van der Waals surface area contributed by atoms with Crippen molar-refractivity contribution >= 4 is 11.3 Å². The number of fused-ring (bicyclic) bond motifs is 1. The number of thiophene rings is 1. The highest BCUT2D eigenvalue weighted by atomic mass is 32.1. The van der Waals surface area contributed by atoms with Crippen LogP contribution in [0.5, 0.6) is 0 Å². The molecule has 96 valence electrons. The highest BCUT2D eigenvalue weighted by molar-refractivity contribution is 7.10. The molecule has 1 aromatic heterocycles. The molecule has 1 aliphatic carbocycles. The van der Waals surface area contributed by atoms with E-state index in [0.29, 0.717) is 0 Å². The van der Waals surface area contributed by atoms with Crippen molar-refractivity contribution in [1.29, 1.82) is 5.26 Å². The average Bonchev–Trinajstić information content (AvgIpc) is 3.00. The second-order valence-electron chi connectivity index (χ2n) is 5.01. The van der Waals surface area contributed by atoms with Crippen molar-refractivity contribution < 1.29 is 5.11 Å². The lowest BCUT2D eigenvalue weighted by atomic mass is 9.67. The Morgan fingerprint density at radius 1 is 1.26 bits per heavy atom. The van der Waals surface area contributed by atoms with Crippen LogP contribution in [0.2, 0.25) is 0 Å². The number of aryl methyl sites for hydroxylation is 1. The van der Waals surface area contributed by atoms with Gasteiger partial charge >= 0.3 is 0 Å². The Hall–Kier alpha value is -1.63. The summed E-state index contributed by atoms with van der Waals surface area (Å²) in [5.41, 5.74) is 1.41. The number of aliphatic hydroxyl groups excluding tert-OH is 1. The Morgan fingerprint density at radius 3 is 2.84 bits per heavy atom. The van der Waals surface area contributed by atoms with Crippen LogP contribution in [0.25, 0.3) is 0 Å². The zero-order valence-corrected chi connectivity index (χ0v) is 11.4. The molecule has 0 amide bonds. The molecule has 0 saturated heterocycles. The van der Waals surface area contributed by atoms with E-state index in [1.807, 2.05) is 35.7 Å². The fraction of sp³-hybridized carbons (Fsp3) is 0.312. The highest BCUT2D eigenvalue weighted by Crippen LogP contribution is 2.46. The molecule has 1 aromatic carbocycles. The van der Waals surface area contributed by atoms with Gasteiger partial charge in [-0.15, -0.1) is 11.3 Å². The van der Waals surface area contributed by atoms with E-state index in [2.05, 4.69) is 12.1 Å². The first-order valence-corrected chi connectivity index (χ1v) is 7.37. The third-order valence-corrected chi connectivity index (χ3v) is 4.92. The van der Waals surface area contributed by atoms with Gasteiger partial charge in [0.05, 0.1) is 6.07 Å². The standard InChI is InChI=1S/C16H15NOS/c17-11-16(15(18)14-8-4-10-19-14)9-3-6-12-5-1-2-7-13(12)16/h1-2,4-5,7-8,10,15,18H,3,6,9H2. The van der Waals surface area contributed by atoms with Crippen molar-refractivity contribution in [3.8, 4) is 6.07 Å². The Labute approximate surface area is 116 Å². The number of hydrogen-bond donors (Lipinski definition) is 1. The third kappa shape index (κ3) is 1.88. The Bertz CT molecular complexity index is 614. The monoisotopic (exact) mass is 269 g/mol. The smallest absolute Gasteiger partial charge is 0.113 e. The van der Waals surface area contributed by atoms with Crippen LogP contribution in [0.15, 0.2) is 41.8 Å². The minimum atomic E-state index is -0.792. The van der Waals surface area contributed by atoms with Crippen LogP contribution < -0.4 is 0 Å². The predicted octanol–water partition coefficient (Wildman–Crippen LogP) is 3.58. The number of nitriles is 1. The Kier molecular flexibility index (Phi) is 3.14. The third-order valence-electron chi connectivity index (χ3n) is 3.99. The second-order valence-corrected chi connectivity index (χ2v) is 5.99. The van der Waals surface area contributed by atoms with E-state index in [9.17, 15) is 10.4 Å². The molecule has 0 saturated carbocycles. The van der Waals surface area contributed by atoms with Gasteiger partial charge in [-0.05, 0) is 41.8 Å². The lowest BCUT2D eigenvalue weighted by Crippen LogP contribution is -2.35. The molecule has 1 aliphatic rings. The van der Waals surface area contributed by atoms with Gasteiger partial charge in [-0.2, -0.15) is 5.26 Å². The number of benzene rings is 1. The summed E-state index contributed by atoms with van der Waals surface area (Å²) >= 11 is 1.51. The van der Waals surface area contributed by atoms with Crippen LogP contribution in [-0.4, -0.2) is 5.11 Å². The van der Waals surface area contributed by atoms with E-state index in [0.717, 1.165) is 29.7 Å². The zero-order valence-electron chi connectivity index (χ0n) is 10.5. The maximum absolute atomic E-state index is 10.7. The topological polar surface area (TPSA) is 44.0 Å². The summed E-state index contributed by atoms with van der Waals surface area (Å²) in [5.74, 6) is 0. The lowest BCUT2D eigenvalue weighted by Gasteiger charge is -2.36. The van der Waals surface area contributed by atoms with Crippen molar-refractivity contribution in [2.24, 2.45) is 0 Å². The molecule has 0 spiro atoms. The summed E-state index contributed by atoms with van der Waals surface area (Å²) in [6, 6.07) is 14.3. The fourth-order valence-corrected chi connectivity index (χ4v) is 3.82. The van der Waals surface area contributed by atoms with Crippen LogP contribution in [0, 0.1) is 11.3 Å². The molecule has 0 fully saturated rings. The van der Waals surface area contributed by atoms with Gasteiger partial charge in [-0.1, -0.05) is 30.3 Å². The van der Waals surface area contributed by atoms with Crippen molar-refractivity contribution in [3.05, 3.63) is 57.8 Å². The summed E-state index contributed by atoms with van der Waals surface area (Å²) in [6.45, 7) is 0. The van der Waals surface area contributed by atoms with Crippen molar-refractivity contribution in [1.82, 2.24) is 0 Å². The van der Waals surface area contributed by atoms with Crippen molar-refractivity contribution in [2.75, 3.05) is 0 Å². The van der Waals surface area contributed by atoms with E-state index in [4.69, 9.17) is 0 Å². The van der Waals surface area contributed by atoms with Gasteiger partial charge < -0.3 is 5.11 Å². The molecule has 0 bridgehead atoms. The summed E-state index contributed by atoms with van der Waals surface area (Å²) in [4.78, 5) is 0.873. The van der Waals surface area contributed by atoms with E-state index < -0.39 is 11.5 Å². The fourth-order valence-electron chi connectivity index (χ4n) is 3.02. The molecular formula is C16H15NOS. The zero-order chi connectivity index (χ0) is 13.3. The number of nitrogens with zero attached hydrogens (tertiary/aromatic N) is 1. The van der Waals surface area contributed by atoms with Gasteiger partial charge in [0.15, 0.2) is 0 Å². The quantitative estimate of drug-likeness (QED) is 0.905. The summed E-state index contributed by atoms with van der Waals surface area (Å²) in [5, 5.41) is 22.4. The molecule has 2 aromatic rings.